The first-order chi connectivity index (χ1) is 11.6. The molecule has 0 saturated carbocycles. The molecule has 0 spiro atoms. The van der Waals surface area contributed by atoms with Crippen molar-refractivity contribution in [1.82, 2.24) is 4.57 Å². The molecule has 0 aromatic carbocycles. The van der Waals surface area contributed by atoms with Gasteiger partial charge < -0.3 is 22.1 Å². The predicted molar refractivity (Wildman–Crippen MR) is 99.8 cm³/mol. The maximum absolute atomic E-state index is 6.25. The van der Waals surface area contributed by atoms with Gasteiger partial charge in [-0.15, -0.1) is 0 Å². The minimum atomic E-state index is -2.84. The summed E-state index contributed by atoms with van der Waals surface area (Å²) in [5.74, 6) is 0. The normalized spacial score (nSPS) is 19.8. The first-order valence-corrected chi connectivity index (χ1v) is 13.3. The minimum Gasteiger partial charge on any atom is -0.383 e. The van der Waals surface area contributed by atoms with Crippen molar-refractivity contribution in [2.24, 2.45) is 0 Å². The molecule has 1 atom stereocenters. The van der Waals surface area contributed by atoms with E-state index in [2.05, 4.69) is 11.5 Å². The monoisotopic (exact) mass is 379 g/mol. The van der Waals surface area contributed by atoms with Gasteiger partial charge in [0.1, 0.15) is 0 Å². The summed E-state index contributed by atoms with van der Waals surface area (Å²) in [6, 6.07) is 1.00. The molecule has 0 aromatic rings. The Hall–Kier alpha value is 0.194. The van der Waals surface area contributed by atoms with Crippen molar-refractivity contribution in [2.45, 2.75) is 66.1 Å². The minimum absolute atomic E-state index is 0.0876. The molecule has 0 amide bonds. The van der Waals surface area contributed by atoms with Gasteiger partial charge in [-0.25, -0.2) is 0 Å². The molecule has 1 aliphatic heterocycles. The molecule has 0 aliphatic carbocycles. The van der Waals surface area contributed by atoms with E-state index in [1.165, 1.54) is 0 Å². The molecule has 0 radical (unpaired) electrons. The molecule has 1 rings (SSSR count). The molecule has 24 heavy (non-hydrogen) atoms. The highest BCUT2D eigenvalue weighted by molar-refractivity contribution is 6.69. The Kier molecular flexibility index (Phi) is 10.2. The van der Waals surface area contributed by atoms with Crippen molar-refractivity contribution < 1.29 is 22.1 Å². The Morgan fingerprint density at radius 2 is 1.33 bits per heavy atom. The Morgan fingerprint density at radius 1 is 0.833 bits per heavy atom. The molecule has 1 unspecified atom stereocenters. The molecular weight excluding hydrogens is 342 g/mol. The fraction of sp³-hybridized carbons (Fsp3) is 1.00. The van der Waals surface area contributed by atoms with Gasteiger partial charge in [0.2, 0.25) is 0 Å². The Morgan fingerprint density at radius 3 is 1.71 bits per heavy atom. The van der Waals surface area contributed by atoms with Gasteiger partial charge in [0.05, 0.1) is 5.67 Å². The van der Waals surface area contributed by atoms with Crippen LogP contribution in [0.25, 0.3) is 0 Å². The van der Waals surface area contributed by atoms with Crippen LogP contribution in [-0.4, -0.2) is 67.3 Å². The average Bonchev–Trinajstić information content (AvgIpc) is 2.93. The van der Waals surface area contributed by atoms with Gasteiger partial charge in [0.25, 0.3) is 0 Å². The van der Waals surface area contributed by atoms with E-state index < -0.39 is 17.5 Å². The quantitative estimate of drug-likeness (QED) is 0.458. The second kappa shape index (κ2) is 11.0. The van der Waals surface area contributed by atoms with E-state index in [4.69, 9.17) is 22.1 Å². The lowest BCUT2D eigenvalue weighted by Gasteiger charge is -2.44. The summed E-state index contributed by atoms with van der Waals surface area (Å²) in [6.45, 7) is 16.4. The SMILES string of the molecule is CCO[Si](OCC)(OCC)C(CC)N1CCC[Si]1(OCC)OCC. The van der Waals surface area contributed by atoms with Crippen LogP contribution < -0.4 is 0 Å². The number of rotatable bonds is 13. The molecule has 8 heteroatoms. The van der Waals surface area contributed by atoms with Crippen LogP contribution in [0.15, 0.2) is 0 Å². The van der Waals surface area contributed by atoms with Crippen LogP contribution in [0.5, 0.6) is 0 Å². The lowest BCUT2D eigenvalue weighted by Crippen LogP contribution is -2.69. The Bertz CT molecular complexity index is 325. The van der Waals surface area contributed by atoms with Crippen LogP contribution in [0.1, 0.15) is 54.4 Å². The smallest absolute Gasteiger partial charge is 0.383 e. The van der Waals surface area contributed by atoms with Gasteiger partial charge in [-0.05, 0) is 54.0 Å². The first-order valence-electron chi connectivity index (χ1n) is 9.56. The van der Waals surface area contributed by atoms with Crippen molar-refractivity contribution in [1.29, 1.82) is 0 Å². The lowest BCUT2D eigenvalue weighted by molar-refractivity contribution is 0.0353. The summed E-state index contributed by atoms with van der Waals surface area (Å²) in [6.07, 6.45) is 2.00. The molecule has 6 nitrogen and oxygen atoms in total. The van der Waals surface area contributed by atoms with E-state index >= 15 is 0 Å². The predicted octanol–water partition coefficient (Wildman–Crippen LogP) is 3.07. The van der Waals surface area contributed by atoms with Crippen molar-refractivity contribution in [3.05, 3.63) is 0 Å². The van der Waals surface area contributed by atoms with Crippen LogP contribution >= 0.6 is 0 Å². The third kappa shape index (κ3) is 4.88. The van der Waals surface area contributed by atoms with E-state index in [1.807, 2.05) is 34.6 Å². The van der Waals surface area contributed by atoms with E-state index in [0.717, 1.165) is 25.4 Å². The average molecular weight is 380 g/mol. The van der Waals surface area contributed by atoms with Gasteiger partial charge in [-0.3, -0.25) is 4.57 Å². The zero-order valence-corrected chi connectivity index (χ0v) is 18.4. The Balaban J connectivity index is 3.21. The third-order valence-corrected chi connectivity index (χ3v) is 12.0. The van der Waals surface area contributed by atoms with Gasteiger partial charge in [-0.2, -0.15) is 0 Å². The fourth-order valence-corrected chi connectivity index (χ4v) is 11.4. The van der Waals surface area contributed by atoms with E-state index in [1.54, 1.807) is 0 Å². The van der Waals surface area contributed by atoms with E-state index in [9.17, 15) is 0 Å². The molecule has 0 bridgehead atoms. The first kappa shape index (κ1) is 22.2. The number of nitrogens with zero attached hydrogens (tertiary/aromatic N) is 1. The molecule has 0 N–H and O–H groups in total. The summed E-state index contributed by atoms with van der Waals surface area (Å²) in [5.41, 5.74) is 0.0876. The fourth-order valence-electron chi connectivity index (χ4n) is 3.66. The highest BCUT2D eigenvalue weighted by Crippen LogP contribution is 2.35. The van der Waals surface area contributed by atoms with Gasteiger partial charge in [0, 0.05) is 39.1 Å². The summed E-state index contributed by atoms with van der Waals surface area (Å²) in [4.78, 5) is 0. The summed E-state index contributed by atoms with van der Waals surface area (Å²) < 4.78 is 33.5. The van der Waals surface area contributed by atoms with Crippen molar-refractivity contribution in [3.63, 3.8) is 0 Å². The molecule has 1 fully saturated rings. The van der Waals surface area contributed by atoms with Crippen LogP contribution in [0.3, 0.4) is 0 Å². The third-order valence-electron chi connectivity index (χ3n) is 4.28. The highest BCUT2D eigenvalue weighted by Gasteiger charge is 2.60. The molecule has 1 heterocycles. The topological polar surface area (TPSA) is 49.4 Å². The van der Waals surface area contributed by atoms with Crippen molar-refractivity contribution in [2.75, 3.05) is 39.6 Å². The summed E-state index contributed by atoms with van der Waals surface area (Å²) in [5, 5.41) is 0. The van der Waals surface area contributed by atoms with Crippen LogP contribution in [-0.2, 0) is 22.1 Å². The lowest BCUT2D eigenvalue weighted by atomic mass is 10.4. The summed E-state index contributed by atoms with van der Waals surface area (Å²) in [7, 11) is -5.25. The van der Waals surface area contributed by atoms with Crippen LogP contribution in [0, 0.1) is 0 Å². The number of hydrogen-bond acceptors (Lipinski definition) is 6. The largest absolute Gasteiger partial charge is 0.518 e. The van der Waals surface area contributed by atoms with Crippen LogP contribution in [0.2, 0.25) is 6.04 Å². The number of hydrogen-bond donors (Lipinski definition) is 0. The maximum atomic E-state index is 6.25. The molecule has 0 aromatic heterocycles. The molecule has 1 aliphatic rings. The molecule has 144 valence electrons. The molecule has 1 saturated heterocycles. The standard InChI is InChI=1S/C16H37NO5Si2/c1-7-16(24(20-10-4,21-11-5)22-12-6)17-14-13-15-23(17,18-8-2)19-9-3/h16H,7-15H2,1-6H3. The van der Waals surface area contributed by atoms with Crippen molar-refractivity contribution >= 4 is 17.5 Å². The van der Waals surface area contributed by atoms with Gasteiger partial charge >= 0.3 is 17.5 Å². The van der Waals surface area contributed by atoms with E-state index in [0.29, 0.717) is 33.0 Å². The summed E-state index contributed by atoms with van der Waals surface area (Å²) >= 11 is 0. The zero-order chi connectivity index (χ0) is 18.1. The Labute approximate surface area is 150 Å². The van der Waals surface area contributed by atoms with Crippen LogP contribution in [0.4, 0.5) is 0 Å². The highest BCUT2D eigenvalue weighted by atomic mass is 28.4. The second-order valence-electron chi connectivity index (χ2n) is 5.70. The molecular formula is C16H37NO5Si2. The second-order valence-corrected chi connectivity index (χ2v) is 11.5. The van der Waals surface area contributed by atoms with Crippen molar-refractivity contribution in [3.8, 4) is 0 Å². The van der Waals surface area contributed by atoms with Gasteiger partial charge in [-0.1, -0.05) is 6.92 Å². The van der Waals surface area contributed by atoms with Gasteiger partial charge in [0.15, 0.2) is 0 Å². The maximum Gasteiger partial charge on any atom is 0.518 e. The van der Waals surface area contributed by atoms with E-state index in [-0.39, 0.29) is 5.67 Å². The zero-order valence-electron chi connectivity index (χ0n) is 16.4.